The smallest absolute Gasteiger partial charge is 0.0849 e. The van der Waals surface area contributed by atoms with E-state index in [1.165, 1.54) is 16.7 Å². The predicted molar refractivity (Wildman–Crippen MR) is 95.5 cm³/mol. The van der Waals surface area contributed by atoms with Crippen LogP contribution in [0, 0.1) is 0 Å². The minimum Gasteiger partial charge on any atom is -0.282 e. The second-order valence-electron chi connectivity index (χ2n) is 6.07. The van der Waals surface area contributed by atoms with E-state index in [-0.39, 0.29) is 5.54 Å². The van der Waals surface area contributed by atoms with Crippen molar-refractivity contribution in [2.75, 3.05) is 6.54 Å². The molecule has 0 bridgehead atoms. The summed E-state index contributed by atoms with van der Waals surface area (Å²) in [5.41, 5.74) is 4.02. The number of halogens is 1. The molecule has 3 aromatic rings. The fraction of sp³-hybridized carbons (Fsp3) is 0.143. The third-order valence-corrected chi connectivity index (χ3v) is 4.90. The van der Waals surface area contributed by atoms with E-state index < -0.39 is 0 Å². The first-order chi connectivity index (χ1) is 11.3. The maximum Gasteiger partial charge on any atom is 0.0849 e. The Morgan fingerprint density at radius 3 is 1.78 bits per heavy atom. The van der Waals surface area contributed by atoms with Gasteiger partial charge < -0.3 is 0 Å². The van der Waals surface area contributed by atoms with E-state index in [2.05, 4.69) is 77.7 Å². The summed E-state index contributed by atoms with van der Waals surface area (Å²) in [6, 6.07) is 29.7. The molecule has 1 heterocycles. The predicted octanol–water partition coefficient (Wildman–Crippen LogP) is 5.10. The van der Waals surface area contributed by atoms with Gasteiger partial charge in [0.05, 0.1) is 5.54 Å². The van der Waals surface area contributed by atoms with Crippen LogP contribution < -0.4 is 0 Å². The number of hydrogen-bond donors (Lipinski definition) is 0. The lowest BCUT2D eigenvalue weighted by Gasteiger charge is -2.19. The van der Waals surface area contributed by atoms with Crippen molar-refractivity contribution >= 4 is 11.6 Å². The van der Waals surface area contributed by atoms with E-state index in [1.807, 2.05) is 12.1 Å². The number of nitrogens with zero attached hydrogens (tertiary/aromatic N) is 1. The van der Waals surface area contributed by atoms with Crippen LogP contribution in [0.1, 0.15) is 16.7 Å². The van der Waals surface area contributed by atoms with Gasteiger partial charge in [0.15, 0.2) is 0 Å². The van der Waals surface area contributed by atoms with Crippen molar-refractivity contribution in [3.05, 3.63) is 107 Å². The average Bonchev–Trinajstić information content (AvgIpc) is 3.34. The molecular formula is C21H18ClN. The van der Waals surface area contributed by atoms with Crippen LogP contribution in [0.5, 0.6) is 0 Å². The topological polar surface area (TPSA) is 3.01 Å². The fourth-order valence-electron chi connectivity index (χ4n) is 3.38. The molecule has 23 heavy (non-hydrogen) atoms. The minimum atomic E-state index is 0.00214. The van der Waals surface area contributed by atoms with Gasteiger partial charge in [-0.2, -0.15) is 0 Å². The molecule has 1 nitrogen and oxygen atoms in total. The highest BCUT2D eigenvalue weighted by atomic mass is 35.5. The Kier molecular flexibility index (Phi) is 3.68. The van der Waals surface area contributed by atoms with Crippen molar-refractivity contribution < 1.29 is 0 Å². The van der Waals surface area contributed by atoms with E-state index in [0.29, 0.717) is 0 Å². The molecule has 0 aromatic heterocycles. The van der Waals surface area contributed by atoms with E-state index in [0.717, 1.165) is 18.1 Å². The Hall–Kier alpha value is -2.09. The molecule has 0 radical (unpaired) electrons. The van der Waals surface area contributed by atoms with Gasteiger partial charge in [0.1, 0.15) is 0 Å². The van der Waals surface area contributed by atoms with E-state index >= 15 is 0 Å². The van der Waals surface area contributed by atoms with E-state index in [4.69, 9.17) is 11.6 Å². The van der Waals surface area contributed by atoms with Gasteiger partial charge >= 0.3 is 0 Å². The Bertz CT molecular complexity index is 742. The molecule has 0 aliphatic carbocycles. The second kappa shape index (κ2) is 5.84. The first-order valence-corrected chi connectivity index (χ1v) is 8.27. The molecule has 1 fully saturated rings. The second-order valence-corrected chi connectivity index (χ2v) is 6.51. The zero-order valence-corrected chi connectivity index (χ0v) is 13.6. The molecule has 1 atom stereocenters. The Morgan fingerprint density at radius 1 is 0.739 bits per heavy atom. The van der Waals surface area contributed by atoms with Crippen molar-refractivity contribution in [1.29, 1.82) is 0 Å². The summed E-state index contributed by atoms with van der Waals surface area (Å²) >= 11 is 6.00. The van der Waals surface area contributed by atoms with Crippen LogP contribution >= 0.6 is 11.6 Å². The number of hydrogen-bond acceptors (Lipinski definition) is 1. The standard InChI is InChI=1S/C21H18ClN/c22-20-13-11-17(12-14-20)15-23-16-21(23,18-7-3-1-4-8-18)19-9-5-2-6-10-19/h1-14H,15-16H2. The summed E-state index contributed by atoms with van der Waals surface area (Å²) < 4.78 is 0. The van der Waals surface area contributed by atoms with Gasteiger partial charge in [-0.3, -0.25) is 4.90 Å². The molecule has 4 rings (SSSR count). The fourth-order valence-corrected chi connectivity index (χ4v) is 3.51. The SMILES string of the molecule is Clc1ccc(CN2CC2(c2ccccc2)c2ccccc2)cc1. The largest absolute Gasteiger partial charge is 0.282 e. The lowest BCUT2D eigenvalue weighted by atomic mass is 9.91. The van der Waals surface area contributed by atoms with Gasteiger partial charge in [-0.05, 0) is 28.8 Å². The normalized spacial score (nSPS) is 18.6. The Labute approximate surface area is 142 Å². The monoisotopic (exact) mass is 319 g/mol. The van der Waals surface area contributed by atoms with Gasteiger partial charge in [-0.15, -0.1) is 0 Å². The first-order valence-electron chi connectivity index (χ1n) is 7.89. The summed E-state index contributed by atoms with van der Waals surface area (Å²) in [5, 5.41) is 0.789. The van der Waals surface area contributed by atoms with Crippen LogP contribution in [0.25, 0.3) is 0 Å². The van der Waals surface area contributed by atoms with Crippen molar-refractivity contribution in [3.63, 3.8) is 0 Å². The van der Waals surface area contributed by atoms with Crippen molar-refractivity contribution in [2.45, 2.75) is 12.1 Å². The zero-order valence-electron chi connectivity index (χ0n) is 12.8. The molecule has 114 valence electrons. The van der Waals surface area contributed by atoms with Gasteiger partial charge in [0.25, 0.3) is 0 Å². The molecule has 1 unspecified atom stereocenters. The molecular weight excluding hydrogens is 302 g/mol. The third-order valence-electron chi connectivity index (χ3n) is 4.65. The van der Waals surface area contributed by atoms with Gasteiger partial charge in [-0.25, -0.2) is 0 Å². The van der Waals surface area contributed by atoms with Crippen LogP contribution in [-0.2, 0) is 12.1 Å². The van der Waals surface area contributed by atoms with Crippen LogP contribution in [0.4, 0.5) is 0 Å². The number of benzene rings is 3. The Morgan fingerprint density at radius 2 is 1.26 bits per heavy atom. The molecule has 0 saturated carbocycles. The van der Waals surface area contributed by atoms with Crippen molar-refractivity contribution in [2.24, 2.45) is 0 Å². The lowest BCUT2D eigenvalue weighted by Crippen LogP contribution is -2.18. The van der Waals surface area contributed by atoms with E-state index in [1.54, 1.807) is 0 Å². The summed E-state index contributed by atoms with van der Waals surface area (Å²) in [6.45, 7) is 1.98. The summed E-state index contributed by atoms with van der Waals surface area (Å²) in [7, 11) is 0. The van der Waals surface area contributed by atoms with Crippen molar-refractivity contribution in [3.8, 4) is 0 Å². The highest BCUT2D eigenvalue weighted by Gasteiger charge is 2.54. The molecule has 0 spiro atoms. The molecule has 3 aromatic carbocycles. The highest BCUT2D eigenvalue weighted by molar-refractivity contribution is 6.30. The summed E-state index contributed by atoms with van der Waals surface area (Å²) in [4.78, 5) is 2.51. The highest BCUT2D eigenvalue weighted by Crippen LogP contribution is 2.49. The maximum absolute atomic E-state index is 6.00. The molecule has 2 heteroatoms. The van der Waals surface area contributed by atoms with Crippen LogP contribution in [0.3, 0.4) is 0 Å². The Balaban J connectivity index is 1.68. The summed E-state index contributed by atoms with van der Waals surface area (Å²) in [5.74, 6) is 0. The van der Waals surface area contributed by atoms with Crippen LogP contribution in [-0.4, -0.2) is 11.4 Å². The third kappa shape index (κ3) is 2.67. The van der Waals surface area contributed by atoms with Gasteiger partial charge in [0.2, 0.25) is 0 Å². The van der Waals surface area contributed by atoms with E-state index in [9.17, 15) is 0 Å². The van der Waals surface area contributed by atoms with Gasteiger partial charge in [0, 0.05) is 18.1 Å². The van der Waals surface area contributed by atoms with Crippen molar-refractivity contribution in [1.82, 2.24) is 4.90 Å². The minimum absolute atomic E-state index is 0.00214. The number of rotatable bonds is 4. The molecule has 1 saturated heterocycles. The first kappa shape index (κ1) is 14.5. The average molecular weight is 320 g/mol. The molecule has 0 amide bonds. The van der Waals surface area contributed by atoms with Gasteiger partial charge in [-0.1, -0.05) is 84.4 Å². The maximum atomic E-state index is 6.00. The summed E-state index contributed by atoms with van der Waals surface area (Å²) in [6.07, 6.45) is 0. The quantitative estimate of drug-likeness (QED) is 0.605. The zero-order chi connectivity index (χ0) is 15.7. The van der Waals surface area contributed by atoms with Crippen LogP contribution in [0.15, 0.2) is 84.9 Å². The van der Waals surface area contributed by atoms with Crippen LogP contribution in [0.2, 0.25) is 5.02 Å². The molecule has 1 aliphatic rings. The molecule has 0 N–H and O–H groups in total. The molecule has 1 aliphatic heterocycles. The lowest BCUT2D eigenvalue weighted by molar-refractivity contribution is 0.448.